The number of morpholine rings is 1. The molecule has 1 aliphatic rings. The van der Waals surface area contributed by atoms with Crippen molar-refractivity contribution in [2.75, 3.05) is 26.3 Å². The summed E-state index contributed by atoms with van der Waals surface area (Å²) >= 11 is 0. The Bertz CT molecular complexity index is 834. The maximum absolute atomic E-state index is 12.8. The molecule has 0 bridgehead atoms. The molecule has 1 aromatic carbocycles. The highest BCUT2D eigenvalue weighted by Gasteiger charge is 2.27. The largest absolute Gasteiger partial charge is 0.377 e. The molecule has 8 nitrogen and oxygen atoms in total. The zero-order valence-corrected chi connectivity index (χ0v) is 16.0. The Kier molecular flexibility index (Phi) is 6.54. The molecule has 1 aliphatic heterocycles. The van der Waals surface area contributed by atoms with Crippen LogP contribution in [0.2, 0.25) is 0 Å². The summed E-state index contributed by atoms with van der Waals surface area (Å²) in [6.45, 7) is 7.54. The number of allylic oxidation sites excluding steroid dienone is 1. The summed E-state index contributed by atoms with van der Waals surface area (Å²) in [4.78, 5) is 27.1. The van der Waals surface area contributed by atoms with Crippen molar-refractivity contribution in [2.45, 2.75) is 25.8 Å². The Morgan fingerprint density at radius 2 is 2.14 bits per heavy atom. The highest BCUT2D eigenvalue weighted by molar-refractivity contribution is 5.97. The molecule has 0 aliphatic carbocycles. The van der Waals surface area contributed by atoms with E-state index in [1.807, 2.05) is 13.0 Å². The molecule has 1 fully saturated rings. The van der Waals surface area contributed by atoms with Gasteiger partial charge < -0.3 is 15.0 Å². The van der Waals surface area contributed by atoms with Crippen LogP contribution in [0, 0.1) is 0 Å². The van der Waals surface area contributed by atoms with Crippen molar-refractivity contribution in [3.63, 3.8) is 0 Å². The van der Waals surface area contributed by atoms with Gasteiger partial charge in [0, 0.05) is 19.5 Å². The Labute approximate surface area is 164 Å². The van der Waals surface area contributed by atoms with E-state index < -0.39 is 0 Å². The molecule has 1 N–H and O–H groups in total. The predicted molar refractivity (Wildman–Crippen MR) is 104 cm³/mol. The molecule has 148 valence electrons. The second-order valence-electron chi connectivity index (χ2n) is 6.85. The van der Waals surface area contributed by atoms with E-state index in [-0.39, 0.29) is 17.9 Å². The second-order valence-corrected chi connectivity index (χ2v) is 6.85. The van der Waals surface area contributed by atoms with Gasteiger partial charge in [0.1, 0.15) is 0 Å². The van der Waals surface area contributed by atoms with E-state index in [0.717, 1.165) is 5.57 Å². The van der Waals surface area contributed by atoms with Crippen LogP contribution < -0.4 is 5.32 Å². The summed E-state index contributed by atoms with van der Waals surface area (Å²) in [5, 5.41) is 10.7. The van der Waals surface area contributed by atoms with Gasteiger partial charge in [0.05, 0.1) is 42.9 Å². The minimum atomic E-state index is -0.231. The molecule has 1 unspecified atom stereocenters. The first kappa shape index (κ1) is 19.8. The first-order chi connectivity index (χ1) is 13.6. The van der Waals surface area contributed by atoms with E-state index in [0.29, 0.717) is 50.4 Å². The molecule has 1 saturated heterocycles. The van der Waals surface area contributed by atoms with E-state index in [9.17, 15) is 9.59 Å². The van der Waals surface area contributed by atoms with E-state index in [1.165, 1.54) is 0 Å². The molecular weight excluding hydrogens is 358 g/mol. The van der Waals surface area contributed by atoms with Crippen LogP contribution in [0.4, 0.5) is 0 Å². The smallest absolute Gasteiger partial charge is 0.253 e. The zero-order valence-electron chi connectivity index (χ0n) is 16.0. The topological polar surface area (TPSA) is 89.4 Å². The number of aromatic nitrogens is 3. The number of nitrogens with one attached hydrogen (secondary N) is 1. The van der Waals surface area contributed by atoms with E-state index >= 15 is 0 Å². The summed E-state index contributed by atoms with van der Waals surface area (Å²) in [7, 11) is 0. The van der Waals surface area contributed by atoms with Gasteiger partial charge in [-0.2, -0.15) is 0 Å². The lowest BCUT2D eigenvalue weighted by Crippen LogP contribution is -2.53. The summed E-state index contributed by atoms with van der Waals surface area (Å²) in [5.41, 5.74) is 2.12. The predicted octanol–water partition coefficient (Wildman–Crippen LogP) is 1.58. The second kappa shape index (κ2) is 9.27. The fourth-order valence-corrected chi connectivity index (χ4v) is 3.12. The number of hydrogen-bond acceptors (Lipinski definition) is 5. The molecule has 0 saturated carbocycles. The SMILES string of the molecule is C=C(C)CCC(=O)N1CCOCC1CNC(=O)c1ccccc1-n1ccnn1. The van der Waals surface area contributed by atoms with Crippen molar-refractivity contribution in [3.05, 3.63) is 54.4 Å². The van der Waals surface area contributed by atoms with Gasteiger partial charge in [0.15, 0.2) is 0 Å². The van der Waals surface area contributed by atoms with Crippen molar-refractivity contribution in [3.8, 4) is 5.69 Å². The molecule has 2 heterocycles. The average molecular weight is 383 g/mol. The molecule has 2 aromatic rings. The van der Waals surface area contributed by atoms with Gasteiger partial charge in [-0.05, 0) is 25.5 Å². The monoisotopic (exact) mass is 383 g/mol. The lowest BCUT2D eigenvalue weighted by molar-refractivity contribution is -0.139. The molecule has 1 aromatic heterocycles. The summed E-state index contributed by atoms with van der Waals surface area (Å²) in [6, 6.07) is 6.99. The summed E-state index contributed by atoms with van der Waals surface area (Å²) in [6.07, 6.45) is 4.33. The van der Waals surface area contributed by atoms with Crippen LogP contribution in [0.3, 0.4) is 0 Å². The van der Waals surface area contributed by atoms with Gasteiger partial charge in [-0.15, -0.1) is 11.7 Å². The fraction of sp³-hybridized carbons (Fsp3) is 0.400. The van der Waals surface area contributed by atoms with Gasteiger partial charge in [0.25, 0.3) is 5.91 Å². The van der Waals surface area contributed by atoms with Gasteiger partial charge >= 0.3 is 0 Å². The number of rotatable bonds is 7. The maximum Gasteiger partial charge on any atom is 0.253 e. The van der Waals surface area contributed by atoms with Gasteiger partial charge in [0.2, 0.25) is 5.91 Å². The Balaban J connectivity index is 1.65. The van der Waals surface area contributed by atoms with E-state index in [1.54, 1.807) is 40.2 Å². The molecule has 28 heavy (non-hydrogen) atoms. The van der Waals surface area contributed by atoms with E-state index in [2.05, 4.69) is 22.2 Å². The fourth-order valence-electron chi connectivity index (χ4n) is 3.12. The van der Waals surface area contributed by atoms with Crippen molar-refractivity contribution in [1.29, 1.82) is 0 Å². The molecular formula is C20H25N5O3. The summed E-state index contributed by atoms with van der Waals surface area (Å²) < 4.78 is 7.07. The number of nitrogens with zero attached hydrogens (tertiary/aromatic N) is 4. The third kappa shape index (κ3) is 4.83. The van der Waals surface area contributed by atoms with Gasteiger partial charge in [-0.25, -0.2) is 4.68 Å². The van der Waals surface area contributed by atoms with Crippen LogP contribution in [0.5, 0.6) is 0 Å². The Hall–Kier alpha value is -3.00. The minimum Gasteiger partial charge on any atom is -0.377 e. The van der Waals surface area contributed by atoms with Crippen LogP contribution in [-0.4, -0.2) is 64.1 Å². The van der Waals surface area contributed by atoms with Crippen molar-refractivity contribution < 1.29 is 14.3 Å². The normalized spacial score (nSPS) is 16.6. The number of para-hydroxylation sites is 1. The minimum absolute atomic E-state index is 0.0635. The molecule has 0 spiro atoms. The number of hydrogen-bond donors (Lipinski definition) is 1. The first-order valence-corrected chi connectivity index (χ1v) is 9.32. The number of benzene rings is 1. The lowest BCUT2D eigenvalue weighted by Gasteiger charge is -2.36. The maximum atomic E-state index is 12.8. The highest BCUT2D eigenvalue weighted by Crippen LogP contribution is 2.14. The molecule has 1 atom stereocenters. The lowest BCUT2D eigenvalue weighted by atomic mass is 10.1. The molecule has 0 radical (unpaired) electrons. The standard InChI is InChI=1S/C20H25N5O3/c1-15(2)7-8-19(26)24-11-12-28-14-16(24)13-21-20(27)17-5-3-4-6-18(17)25-10-9-22-23-25/h3-6,9-10,16H,1,7-8,11-14H2,2H3,(H,21,27). The first-order valence-electron chi connectivity index (χ1n) is 9.32. The number of carbonyl (C=O) groups excluding carboxylic acids is 2. The highest BCUT2D eigenvalue weighted by atomic mass is 16.5. The molecule has 3 rings (SSSR count). The number of ether oxygens (including phenoxy) is 1. The third-order valence-corrected chi connectivity index (χ3v) is 4.63. The van der Waals surface area contributed by atoms with Gasteiger partial charge in [-0.3, -0.25) is 9.59 Å². The van der Waals surface area contributed by atoms with Crippen LogP contribution in [0.1, 0.15) is 30.1 Å². The third-order valence-electron chi connectivity index (χ3n) is 4.63. The van der Waals surface area contributed by atoms with Gasteiger partial charge in [-0.1, -0.05) is 22.9 Å². The van der Waals surface area contributed by atoms with E-state index in [4.69, 9.17) is 4.74 Å². The Morgan fingerprint density at radius 1 is 1.32 bits per heavy atom. The quantitative estimate of drug-likeness (QED) is 0.734. The van der Waals surface area contributed by atoms with Crippen LogP contribution >= 0.6 is 0 Å². The van der Waals surface area contributed by atoms with Crippen LogP contribution in [-0.2, 0) is 9.53 Å². The number of amides is 2. The van der Waals surface area contributed by atoms with Crippen LogP contribution in [0.15, 0.2) is 48.8 Å². The van der Waals surface area contributed by atoms with Crippen molar-refractivity contribution in [1.82, 2.24) is 25.2 Å². The summed E-state index contributed by atoms with van der Waals surface area (Å²) in [5.74, 6) is -0.167. The van der Waals surface area contributed by atoms with Crippen molar-refractivity contribution >= 4 is 11.8 Å². The zero-order chi connectivity index (χ0) is 19.9. The molecule has 8 heteroatoms. The van der Waals surface area contributed by atoms with Crippen LogP contribution in [0.25, 0.3) is 5.69 Å². The average Bonchev–Trinajstić information content (AvgIpc) is 3.25. The van der Waals surface area contributed by atoms with Crippen molar-refractivity contribution in [2.24, 2.45) is 0 Å². The molecule has 2 amide bonds. The Morgan fingerprint density at radius 3 is 2.89 bits per heavy atom. The number of carbonyl (C=O) groups is 2.